The number of hydrogen-bond donors (Lipinski definition) is 1. The Morgan fingerprint density at radius 1 is 1.29 bits per heavy atom. The van der Waals surface area contributed by atoms with E-state index in [1.54, 1.807) is 6.07 Å². The third kappa shape index (κ3) is 2.94. The van der Waals surface area contributed by atoms with E-state index in [1.807, 2.05) is 19.1 Å². The average Bonchev–Trinajstić information content (AvgIpc) is 2.90. The van der Waals surface area contributed by atoms with Crippen molar-refractivity contribution in [1.82, 2.24) is 0 Å². The second-order valence-corrected chi connectivity index (χ2v) is 6.01. The Hall–Kier alpha value is -1.46. The maximum Gasteiger partial charge on any atom is 0.231 e. The summed E-state index contributed by atoms with van der Waals surface area (Å²) in [4.78, 5) is 0. The van der Waals surface area contributed by atoms with Crippen LogP contribution in [0.25, 0.3) is 0 Å². The fraction of sp³-hybridized carbons (Fsp3) is 0.200. The number of fused-ring (bicyclic) bond motifs is 1. The van der Waals surface area contributed by atoms with E-state index in [4.69, 9.17) is 21.1 Å². The van der Waals surface area contributed by atoms with Crippen molar-refractivity contribution in [3.05, 3.63) is 50.7 Å². The molecule has 0 unspecified atom stereocenters. The average molecular weight is 373 g/mol. The lowest BCUT2D eigenvalue weighted by Crippen LogP contribution is -2.02. The summed E-state index contributed by atoms with van der Waals surface area (Å²) in [7, 11) is 0. The highest BCUT2D eigenvalue weighted by Gasteiger charge is 2.18. The van der Waals surface area contributed by atoms with Gasteiger partial charge in [-0.3, -0.25) is 0 Å². The van der Waals surface area contributed by atoms with Crippen molar-refractivity contribution in [2.75, 3.05) is 12.1 Å². The Morgan fingerprint density at radius 3 is 2.90 bits per heavy atom. The van der Waals surface area contributed by atoms with Crippen LogP contribution >= 0.6 is 27.5 Å². The van der Waals surface area contributed by atoms with Gasteiger partial charge in [-0.25, -0.2) is 4.39 Å². The molecule has 0 saturated carbocycles. The molecule has 3 rings (SSSR count). The molecule has 21 heavy (non-hydrogen) atoms. The molecule has 1 aliphatic rings. The molecular weight excluding hydrogens is 361 g/mol. The zero-order valence-corrected chi connectivity index (χ0v) is 13.5. The highest BCUT2D eigenvalue weighted by atomic mass is 79.9. The third-order valence-electron chi connectivity index (χ3n) is 3.24. The predicted octanol–water partition coefficient (Wildman–Crippen LogP) is 4.89. The quantitative estimate of drug-likeness (QED) is 0.832. The van der Waals surface area contributed by atoms with Crippen molar-refractivity contribution in [3.8, 4) is 11.5 Å². The normalized spacial score (nSPS) is 12.6. The number of hydrogen-bond acceptors (Lipinski definition) is 3. The Balaban J connectivity index is 1.79. The van der Waals surface area contributed by atoms with Gasteiger partial charge in [-0.15, -0.1) is 0 Å². The second-order valence-electron chi connectivity index (χ2n) is 4.75. The molecule has 1 N–H and O–H groups in total. The minimum absolute atomic E-state index is 0.183. The predicted molar refractivity (Wildman–Crippen MR) is 83.7 cm³/mol. The molecule has 0 bridgehead atoms. The van der Waals surface area contributed by atoms with Gasteiger partial charge in [0.15, 0.2) is 11.5 Å². The van der Waals surface area contributed by atoms with Crippen molar-refractivity contribution >= 4 is 33.2 Å². The fourth-order valence-electron chi connectivity index (χ4n) is 2.16. The van der Waals surface area contributed by atoms with Gasteiger partial charge in [0.05, 0.1) is 9.50 Å². The molecular formula is C15H12BrClFNO2. The summed E-state index contributed by atoms with van der Waals surface area (Å²) in [6, 6.07) is 6.89. The van der Waals surface area contributed by atoms with Crippen LogP contribution < -0.4 is 14.8 Å². The first-order chi connectivity index (χ1) is 10.0. The van der Waals surface area contributed by atoms with Crippen LogP contribution in [0.15, 0.2) is 28.7 Å². The molecule has 6 heteroatoms. The van der Waals surface area contributed by atoms with Crippen LogP contribution in [0.1, 0.15) is 11.1 Å². The lowest BCUT2D eigenvalue weighted by molar-refractivity contribution is 0.174. The lowest BCUT2D eigenvalue weighted by atomic mass is 10.1. The Morgan fingerprint density at radius 2 is 2.10 bits per heavy atom. The monoisotopic (exact) mass is 371 g/mol. The maximum atomic E-state index is 13.6. The van der Waals surface area contributed by atoms with Gasteiger partial charge in [0.2, 0.25) is 6.79 Å². The Labute approximate surface area is 135 Å². The van der Waals surface area contributed by atoms with Crippen molar-refractivity contribution in [3.63, 3.8) is 0 Å². The molecule has 0 aromatic heterocycles. The molecule has 1 heterocycles. The number of anilines is 1. The smallest absolute Gasteiger partial charge is 0.231 e. The van der Waals surface area contributed by atoms with Crippen molar-refractivity contribution in [2.24, 2.45) is 0 Å². The summed E-state index contributed by atoms with van der Waals surface area (Å²) in [5, 5.41) is 3.71. The summed E-state index contributed by atoms with van der Waals surface area (Å²) in [6.07, 6.45) is 0. The van der Waals surface area contributed by atoms with Crippen molar-refractivity contribution < 1.29 is 13.9 Å². The number of ether oxygens (including phenoxy) is 2. The first-order valence-electron chi connectivity index (χ1n) is 6.32. The van der Waals surface area contributed by atoms with Gasteiger partial charge in [0.1, 0.15) is 5.82 Å². The zero-order valence-electron chi connectivity index (χ0n) is 11.2. The van der Waals surface area contributed by atoms with Crippen LogP contribution in [0.4, 0.5) is 10.1 Å². The molecule has 0 saturated heterocycles. The summed E-state index contributed by atoms with van der Waals surface area (Å²) in [5.74, 6) is 0.913. The SMILES string of the molecule is Cc1cc(Br)c(F)cc1NCc1cc(Cl)c2c(c1)OCO2. The number of halogens is 3. The van der Waals surface area contributed by atoms with Gasteiger partial charge < -0.3 is 14.8 Å². The fourth-order valence-corrected chi connectivity index (χ4v) is 2.90. The first-order valence-corrected chi connectivity index (χ1v) is 7.49. The van der Waals surface area contributed by atoms with E-state index in [0.717, 1.165) is 16.8 Å². The topological polar surface area (TPSA) is 30.5 Å². The van der Waals surface area contributed by atoms with E-state index in [2.05, 4.69) is 21.2 Å². The van der Waals surface area contributed by atoms with Crippen molar-refractivity contribution in [1.29, 1.82) is 0 Å². The minimum atomic E-state index is -0.299. The molecule has 1 aliphatic heterocycles. The van der Waals surface area contributed by atoms with Crippen LogP contribution in [0.3, 0.4) is 0 Å². The minimum Gasteiger partial charge on any atom is -0.454 e. The van der Waals surface area contributed by atoms with Crippen LogP contribution in [0.5, 0.6) is 11.5 Å². The van der Waals surface area contributed by atoms with Crippen LogP contribution in [0.2, 0.25) is 5.02 Å². The molecule has 2 aromatic rings. The lowest BCUT2D eigenvalue weighted by Gasteiger charge is -2.11. The van der Waals surface area contributed by atoms with E-state index in [0.29, 0.717) is 27.5 Å². The van der Waals surface area contributed by atoms with Gasteiger partial charge in [0.25, 0.3) is 0 Å². The van der Waals surface area contributed by atoms with E-state index in [9.17, 15) is 4.39 Å². The standard InChI is InChI=1S/C15H12BrClFNO2/c1-8-2-10(16)12(18)5-13(8)19-6-9-3-11(17)15-14(4-9)20-7-21-15/h2-5,19H,6-7H2,1H3. The summed E-state index contributed by atoms with van der Waals surface area (Å²) < 4.78 is 24.6. The molecule has 0 aliphatic carbocycles. The molecule has 0 atom stereocenters. The van der Waals surface area contributed by atoms with Crippen molar-refractivity contribution in [2.45, 2.75) is 13.5 Å². The van der Waals surface area contributed by atoms with Crippen LogP contribution in [-0.4, -0.2) is 6.79 Å². The first kappa shape index (κ1) is 14.5. The second kappa shape index (κ2) is 5.73. The van der Waals surface area contributed by atoms with E-state index in [-0.39, 0.29) is 12.6 Å². The zero-order chi connectivity index (χ0) is 15.0. The van der Waals surface area contributed by atoms with E-state index >= 15 is 0 Å². The molecule has 3 nitrogen and oxygen atoms in total. The van der Waals surface area contributed by atoms with E-state index in [1.165, 1.54) is 6.07 Å². The highest BCUT2D eigenvalue weighted by molar-refractivity contribution is 9.10. The number of benzene rings is 2. The van der Waals surface area contributed by atoms with E-state index < -0.39 is 0 Å². The van der Waals surface area contributed by atoms with Gasteiger partial charge in [-0.1, -0.05) is 11.6 Å². The number of aryl methyl sites for hydroxylation is 1. The molecule has 0 radical (unpaired) electrons. The Bertz CT molecular complexity index is 709. The summed E-state index contributed by atoms with van der Waals surface area (Å²) in [5.41, 5.74) is 2.63. The molecule has 2 aromatic carbocycles. The largest absolute Gasteiger partial charge is 0.454 e. The highest BCUT2D eigenvalue weighted by Crippen LogP contribution is 2.40. The molecule has 0 spiro atoms. The number of rotatable bonds is 3. The van der Waals surface area contributed by atoms with Crippen LogP contribution in [0, 0.1) is 12.7 Å². The van der Waals surface area contributed by atoms with Gasteiger partial charge in [-0.05, 0) is 58.2 Å². The molecule has 0 amide bonds. The van der Waals surface area contributed by atoms with Gasteiger partial charge in [-0.2, -0.15) is 0 Å². The maximum absolute atomic E-state index is 13.6. The summed E-state index contributed by atoms with van der Waals surface area (Å²) in [6.45, 7) is 2.61. The summed E-state index contributed by atoms with van der Waals surface area (Å²) >= 11 is 9.30. The molecule has 0 fully saturated rings. The Kier molecular flexibility index (Phi) is 3.95. The third-order valence-corrected chi connectivity index (χ3v) is 4.13. The number of nitrogens with one attached hydrogen (secondary N) is 1. The molecule has 110 valence electrons. The van der Waals surface area contributed by atoms with Gasteiger partial charge >= 0.3 is 0 Å². The van der Waals surface area contributed by atoms with Gasteiger partial charge in [0, 0.05) is 12.2 Å². The van der Waals surface area contributed by atoms with Crippen LogP contribution in [-0.2, 0) is 6.54 Å².